The third-order valence-electron chi connectivity index (χ3n) is 1.79. The van der Waals surface area contributed by atoms with E-state index in [1.165, 1.54) is 6.07 Å². The van der Waals surface area contributed by atoms with Gasteiger partial charge in [0.05, 0.1) is 16.6 Å². The van der Waals surface area contributed by atoms with Crippen LogP contribution < -0.4 is 11.3 Å². The number of nitrogens with two attached hydrogens (primary N) is 1. The summed E-state index contributed by atoms with van der Waals surface area (Å²) >= 11 is 3.09. The molecule has 3 N–H and O–H groups in total. The number of benzene rings is 1. The first-order valence-electron chi connectivity index (χ1n) is 4.21. The second kappa shape index (κ2) is 5.23. The summed E-state index contributed by atoms with van der Waals surface area (Å²) in [6.07, 6.45) is -4.38. The fraction of sp³-hybridized carbons (Fsp3) is 0.200. The van der Waals surface area contributed by atoms with Crippen LogP contribution >= 0.6 is 15.9 Å². The maximum absolute atomic E-state index is 12.4. The minimum Gasteiger partial charge on any atom is -0.323 e. The lowest BCUT2D eigenvalue weighted by Crippen LogP contribution is -2.11. The Labute approximate surface area is 99.1 Å². The molecule has 1 rings (SSSR count). The Balaban J connectivity index is 3.17. The molecule has 1 aromatic carbocycles. The summed E-state index contributed by atoms with van der Waals surface area (Å²) in [4.78, 5) is 0. The highest BCUT2D eigenvalue weighted by Gasteiger charge is 2.30. The quantitative estimate of drug-likeness (QED) is 0.361. The molecule has 6 heteroatoms. The van der Waals surface area contributed by atoms with E-state index in [1.807, 2.05) is 0 Å². The highest BCUT2D eigenvalue weighted by atomic mass is 79.9. The van der Waals surface area contributed by atoms with E-state index in [4.69, 9.17) is 5.84 Å². The number of hydrogen-bond acceptors (Lipinski definition) is 2. The van der Waals surface area contributed by atoms with Gasteiger partial charge in [0.15, 0.2) is 0 Å². The fourth-order valence-corrected chi connectivity index (χ4v) is 1.22. The Morgan fingerprint density at radius 2 is 2.06 bits per heavy atom. The number of nitrogen functional groups attached to an aromatic ring is 1. The number of hydrazine groups is 1. The van der Waals surface area contributed by atoms with Gasteiger partial charge < -0.3 is 5.43 Å². The van der Waals surface area contributed by atoms with E-state index in [1.54, 1.807) is 0 Å². The number of halogens is 4. The van der Waals surface area contributed by atoms with Crippen molar-refractivity contribution in [3.8, 4) is 11.8 Å². The van der Waals surface area contributed by atoms with Crippen LogP contribution in [0, 0.1) is 11.8 Å². The molecule has 0 aromatic heterocycles. The van der Waals surface area contributed by atoms with Gasteiger partial charge in [-0.2, -0.15) is 13.2 Å². The molecule has 0 aliphatic heterocycles. The van der Waals surface area contributed by atoms with Crippen molar-refractivity contribution >= 4 is 21.6 Å². The van der Waals surface area contributed by atoms with Gasteiger partial charge in [0, 0.05) is 5.56 Å². The molecule has 0 spiro atoms. The van der Waals surface area contributed by atoms with Crippen LogP contribution in [0.1, 0.15) is 11.1 Å². The van der Waals surface area contributed by atoms with E-state index in [2.05, 4.69) is 33.2 Å². The summed E-state index contributed by atoms with van der Waals surface area (Å²) < 4.78 is 37.1. The molecule has 2 nitrogen and oxygen atoms in total. The van der Waals surface area contributed by atoms with Gasteiger partial charge in [-0.25, -0.2) is 0 Å². The molecular formula is C10H8BrF3N2. The van der Waals surface area contributed by atoms with Crippen molar-refractivity contribution in [2.24, 2.45) is 5.84 Å². The average molecular weight is 293 g/mol. The summed E-state index contributed by atoms with van der Waals surface area (Å²) in [6, 6.07) is 3.19. The highest BCUT2D eigenvalue weighted by Crippen LogP contribution is 2.31. The van der Waals surface area contributed by atoms with Crippen LogP contribution in [0.15, 0.2) is 18.2 Å². The van der Waals surface area contributed by atoms with Gasteiger partial charge in [0.2, 0.25) is 0 Å². The van der Waals surface area contributed by atoms with E-state index in [-0.39, 0.29) is 5.69 Å². The van der Waals surface area contributed by atoms with Crippen molar-refractivity contribution in [2.75, 3.05) is 10.8 Å². The Morgan fingerprint density at radius 3 is 2.56 bits per heavy atom. The Kier molecular flexibility index (Phi) is 4.21. The van der Waals surface area contributed by atoms with Gasteiger partial charge in [0.1, 0.15) is 0 Å². The van der Waals surface area contributed by atoms with Crippen LogP contribution in [0.2, 0.25) is 0 Å². The summed E-state index contributed by atoms with van der Waals surface area (Å²) in [5.74, 6) is 10.5. The molecule has 0 fully saturated rings. The van der Waals surface area contributed by atoms with Gasteiger partial charge in [-0.15, -0.1) is 0 Å². The van der Waals surface area contributed by atoms with E-state index in [0.717, 1.165) is 12.1 Å². The van der Waals surface area contributed by atoms with E-state index < -0.39 is 11.7 Å². The predicted molar refractivity (Wildman–Crippen MR) is 59.9 cm³/mol. The molecule has 0 saturated heterocycles. The molecule has 86 valence electrons. The number of hydrogen-bond donors (Lipinski definition) is 2. The van der Waals surface area contributed by atoms with Gasteiger partial charge in [-0.05, 0) is 18.2 Å². The maximum atomic E-state index is 12.4. The molecule has 0 radical (unpaired) electrons. The highest BCUT2D eigenvalue weighted by molar-refractivity contribution is 9.09. The summed E-state index contributed by atoms with van der Waals surface area (Å²) in [5, 5.41) is 0.442. The van der Waals surface area contributed by atoms with Crippen molar-refractivity contribution in [1.82, 2.24) is 0 Å². The van der Waals surface area contributed by atoms with Gasteiger partial charge in [-0.1, -0.05) is 27.8 Å². The topological polar surface area (TPSA) is 38.0 Å². The van der Waals surface area contributed by atoms with Gasteiger partial charge in [0.25, 0.3) is 0 Å². The molecule has 0 unspecified atom stereocenters. The molecule has 0 heterocycles. The zero-order valence-electron chi connectivity index (χ0n) is 8.03. The van der Waals surface area contributed by atoms with E-state index >= 15 is 0 Å². The van der Waals surface area contributed by atoms with Gasteiger partial charge in [-0.3, -0.25) is 5.84 Å². The lowest BCUT2D eigenvalue weighted by Gasteiger charge is -2.10. The number of alkyl halides is 4. The normalized spacial score (nSPS) is 10.6. The first kappa shape index (κ1) is 12.9. The fourth-order valence-electron chi connectivity index (χ4n) is 1.08. The SMILES string of the molecule is NNc1cc(C(F)(F)F)ccc1C#CCBr. The molecular weight excluding hydrogens is 285 g/mol. The smallest absolute Gasteiger partial charge is 0.323 e. The molecule has 0 amide bonds. The standard InChI is InChI=1S/C10H8BrF3N2/c11-5-1-2-7-3-4-8(10(12,13)14)6-9(7)16-15/h3-4,6,16H,5,15H2. The molecule has 1 aromatic rings. The largest absolute Gasteiger partial charge is 0.416 e. The molecule has 0 atom stereocenters. The van der Waals surface area contributed by atoms with Crippen LogP contribution in [-0.2, 0) is 6.18 Å². The monoisotopic (exact) mass is 292 g/mol. The Bertz CT molecular complexity index is 432. The number of anilines is 1. The first-order chi connectivity index (χ1) is 7.49. The van der Waals surface area contributed by atoms with Crippen molar-refractivity contribution in [1.29, 1.82) is 0 Å². The lowest BCUT2D eigenvalue weighted by atomic mass is 10.1. The maximum Gasteiger partial charge on any atom is 0.416 e. The minimum atomic E-state index is -4.38. The van der Waals surface area contributed by atoms with Crippen molar-refractivity contribution in [3.05, 3.63) is 29.3 Å². The van der Waals surface area contributed by atoms with E-state index in [9.17, 15) is 13.2 Å². The molecule has 0 aliphatic rings. The third-order valence-corrected chi connectivity index (χ3v) is 2.07. The minimum absolute atomic E-state index is 0.156. The second-order valence-electron chi connectivity index (χ2n) is 2.84. The van der Waals surface area contributed by atoms with Gasteiger partial charge >= 0.3 is 6.18 Å². The van der Waals surface area contributed by atoms with Crippen LogP contribution in [0.3, 0.4) is 0 Å². The van der Waals surface area contributed by atoms with Crippen LogP contribution in [0.5, 0.6) is 0 Å². The Morgan fingerprint density at radius 1 is 1.38 bits per heavy atom. The first-order valence-corrected chi connectivity index (χ1v) is 5.34. The van der Waals surface area contributed by atoms with Crippen LogP contribution in [-0.4, -0.2) is 5.33 Å². The predicted octanol–water partition coefficient (Wildman–Crippen LogP) is 2.74. The van der Waals surface area contributed by atoms with Crippen molar-refractivity contribution in [2.45, 2.75) is 6.18 Å². The molecule has 0 saturated carbocycles. The third kappa shape index (κ3) is 3.15. The average Bonchev–Trinajstić information content (AvgIpc) is 2.24. The van der Waals surface area contributed by atoms with Crippen molar-refractivity contribution in [3.63, 3.8) is 0 Å². The lowest BCUT2D eigenvalue weighted by molar-refractivity contribution is -0.137. The Hall–Kier alpha value is -1.19. The molecule has 0 bridgehead atoms. The van der Waals surface area contributed by atoms with Crippen LogP contribution in [0.4, 0.5) is 18.9 Å². The zero-order valence-corrected chi connectivity index (χ0v) is 9.61. The summed E-state index contributed by atoms with van der Waals surface area (Å²) in [6.45, 7) is 0. The van der Waals surface area contributed by atoms with Crippen LogP contribution in [0.25, 0.3) is 0 Å². The zero-order chi connectivity index (χ0) is 12.2. The van der Waals surface area contributed by atoms with Crippen molar-refractivity contribution < 1.29 is 13.2 Å². The number of rotatable bonds is 1. The number of nitrogens with one attached hydrogen (secondary N) is 1. The molecule has 0 aliphatic carbocycles. The summed E-state index contributed by atoms with van der Waals surface area (Å²) in [7, 11) is 0. The summed E-state index contributed by atoms with van der Waals surface area (Å²) in [5.41, 5.74) is 2.02. The van der Waals surface area contributed by atoms with E-state index in [0.29, 0.717) is 10.9 Å². The molecule has 16 heavy (non-hydrogen) atoms. The second-order valence-corrected chi connectivity index (χ2v) is 3.40.